The van der Waals surface area contributed by atoms with Crippen LogP contribution in [0.1, 0.15) is 28.0 Å². The summed E-state index contributed by atoms with van der Waals surface area (Å²) in [5.74, 6) is -0.0634. The zero-order valence-corrected chi connectivity index (χ0v) is 14.5. The third kappa shape index (κ3) is 3.76. The molecule has 0 spiro atoms. The van der Waals surface area contributed by atoms with E-state index in [-0.39, 0.29) is 11.9 Å². The van der Waals surface area contributed by atoms with Crippen LogP contribution in [0.25, 0.3) is 0 Å². The van der Waals surface area contributed by atoms with Crippen molar-refractivity contribution in [3.8, 4) is 0 Å². The highest BCUT2D eigenvalue weighted by Gasteiger charge is 2.33. The number of hydrogen-bond donors (Lipinski definition) is 0. The molecule has 8 heteroatoms. The summed E-state index contributed by atoms with van der Waals surface area (Å²) in [6.45, 7) is 3.28. The van der Waals surface area contributed by atoms with Crippen molar-refractivity contribution in [2.24, 2.45) is 0 Å². The minimum atomic E-state index is -0.868. The Bertz CT molecular complexity index is 695. The summed E-state index contributed by atoms with van der Waals surface area (Å²) in [7, 11) is 1.76. The lowest BCUT2D eigenvalue weighted by atomic mass is 10.1. The molecule has 2 atom stereocenters. The zero-order valence-electron chi connectivity index (χ0n) is 13.7. The normalized spacial score (nSPS) is 21.1. The van der Waals surface area contributed by atoms with E-state index in [1.165, 1.54) is 17.9 Å². The third-order valence-corrected chi connectivity index (χ3v) is 5.01. The minimum absolute atomic E-state index is 0.0129. The predicted molar refractivity (Wildman–Crippen MR) is 89.6 cm³/mol. The molecule has 1 amide bonds. The SMILES string of the molecule is Cc1nscc1C(=O)N(C)C[C@@H]1C[C@H](F)CN1Cc1cncnc1. The molecule has 0 saturated carbocycles. The fraction of sp³-hybridized carbons (Fsp3) is 0.500. The van der Waals surface area contributed by atoms with Crippen molar-refractivity contribution >= 4 is 17.4 Å². The zero-order chi connectivity index (χ0) is 17.1. The molecule has 0 aliphatic carbocycles. The van der Waals surface area contributed by atoms with Gasteiger partial charge in [0.15, 0.2) is 0 Å². The van der Waals surface area contributed by atoms with Gasteiger partial charge in [-0.05, 0) is 24.9 Å². The van der Waals surface area contributed by atoms with Gasteiger partial charge in [-0.3, -0.25) is 9.69 Å². The van der Waals surface area contributed by atoms with Gasteiger partial charge >= 0.3 is 0 Å². The maximum atomic E-state index is 13.9. The highest BCUT2D eigenvalue weighted by Crippen LogP contribution is 2.23. The van der Waals surface area contributed by atoms with Crippen LogP contribution in [0.4, 0.5) is 4.39 Å². The Morgan fingerprint density at radius 1 is 1.46 bits per heavy atom. The molecule has 0 unspecified atom stereocenters. The van der Waals surface area contributed by atoms with Crippen molar-refractivity contribution in [2.45, 2.75) is 32.1 Å². The number of halogens is 1. The number of aryl methyl sites for hydroxylation is 1. The Morgan fingerprint density at radius 3 is 2.88 bits per heavy atom. The van der Waals surface area contributed by atoms with Crippen LogP contribution in [0.3, 0.4) is 0 Å². The molecule has 3 heterocycles. The number of carbonyl (C=O) groups excluding carboxylic acids is 1. The first-order chi connectivity index (χ1) is 11.5. The number of alkyl halides is 1. The molecular formula is C16H20FN5OS. The van der Waals surface area contributed by atoms with Crippen molar-refractivity contribution in [3.05, 3.63) is 40.9 Å². The summed E-state index contributed by atoms with van der Waals surface area (Å²) < 4.78 is 18.1. The molecule has 0 aromatic carbocycles. The molecule has 0 radical (unpaired) electrons. The third-order valence-electron chi connectivity index (χ3n) is 4.29. The first-order valence-corrected chi connectivity index (χ1v) is 8.66. The number of carbonyl (C=O) groups is 1. The van der Waals surface area contributed by atoms with E-state index in [0.717, 1.165) is 11.3 Å². The van der Waals surface area contributed by atoms with E-state index in [9.17, 15) is 9.18 Å². The lowest BCUT2D eigenvalue weighted by molar-refractivity contribution is 0.0749. The van der Waals surface area contributed by atoms with Crippen LogP contribution in [0.2, 0.25) is 0 Å². The first kappa shape index (κ1) is 16.9. The van der Waals surface area contributed by atoms with E-state index < -0.39 is 6.17 Å². The van der Waals surface area contributed by atoms with Crippen molar-refractivity contribution in [2.75, 3.05) is 20.1 Å². The number of rotatable bonds is 5. The van der Waals surface area contributed by atoms with E-state index in [1.807, 2.05) is 6.92 Å². The second-order valence-electron chi connectivity index (χ2n) is 6.16. The number of nitrogens with zero attached hydrogens (tertiary/aromatic N) is 5. The van der Waals surface area contributed by atoms with Gasteiger partial charge in [-0.2, -0.15) is 4.37 Å². The van der Waals surface area contributed by atoms with Crippen LogP contribution in [0, 0.1) is 6.92 Å². The van der Waals surface area contributed by atoms with Crippen molar-refractivity contribution < 1.29 is 9.18 Å². The summed E-state index contributed by atoms with van der Waals surface area (Å²) in [5.41, 5.74) is 2.31. The number of amides is 1. The fourth-order valence-electron chi connectivity index (χ4n) is 3.05. The average molecular weight is 349 g/mol. The van der Waals surface area contributed by atoms with Gasteiger partial charge in [0.25, 0.3) is 5.91 Å². The van der Waals surface area contributed by atoms with Gasteiger partial charge in [-0.15, -0.1) is 0 Å². The van der Waals surface area contributed by atoms with E-state index in [4.69, 9.17) is 0 Å². The number of likely N-dealkylation sites (tertiary alicyclic amines) is 1. The molecule has 1 fully saturated rings. The Hall–Kier alpha value is -1.93. The van der Waals surface area contributed by atoms with Crippen LogP contribution in [-0.2, 0) is 6.54 Å². The van der Waals surface area contributed by atoms with E-state index in [2.05, 4.69) is 19.2 Å². The van der Waals surface area contributed by atoms with E-state index in [0.29, 0.717) is 31.6 Å². The summed E-state index contributed by atoms with van der Waals surface area (Å²) >= 11 is 1.28. The maximum Gasteiger partial charge on any atom is 0.256 e. The summed E-state index contributed by atoms with van der Waals surface area (Å²) in [4.78, 5) is 24.2. The van der Waals surface area contributed by atoms with Crippen molar-refractivity contribution in [1.29, 1.82) is 0 Å². The molecule has 0 bridgehead atoms. The second kappa shape index (κ2) is 7.31. The highest BCUT2D eigenvalue weighted by atomic mass is 32.1. The van der Waals surface area contributed by atoms with Gasteiger partial charge in [0.1, 0.15) is 12.5 Å². The Labute approximate surface area is 144 Å². The molecule has 6 nitrogen and oxygen atoms in total. The van der Waals surface area contributed by atoms with Gasteiger partial charge in [0.2, 0.25) is 0 Å². The van der Waals surface area contributed by atoms with E-state index >= 15 is 0 Å². The highest BCUT2D eigenvalue weighted by molar-refractivity contribution is 7.03. The summed E-state index contributed by atoms with van der Waals surface area (Å²) in [6, 6.07) is -0.0129. The predicted octanol–water partition coefficient (Wildman–Crippen LogP) is 1.93. The molecule has 3 rings (SSSR count). The number of hydrogen-bond acceptors (Lipinski definition) is 6. The Kier molecular flexibility index (Phi) is 5.15. The smallest absolute Gasteiger partial charge is 0.256 e. The van der Waals surface area contributed by atoms with Gasteiger partial charge in [0.05, 0.1) is 11.3 Å². The van der Waals surface area contributed by atoms with Gasteiger partial charge in [0, 0.05) is 56.1 Å². The maximum absolute atomic E-state index is 13.9. The summed E-state index contributed by atoms with van der Waals surface area (Å²) in [6.07, 6.45) is 4.53. The Morgan fingerprint density at radius 2 is 2.21 bits per heavy atom. The van der Waals surface area contributed by atoms with Crippen LogP contribution in [0.15, 0.2) is 24.1 Å². The molecule has 2 aromatic heterocycles. The van der Waals surface area contributed by atoms with Crippen LogP contribution >= 0.6 is 11.5 Å². The molecule has 1 saturated heterocycles. The fourth-order valence-corrected chi connectivity index (χ4v) is 3.74. The van der Waals surface area contributed by atoms with Gasteiger partial charge in [-0.25, -0.2) is 14.4 Å². The summed E-state index contributed by atoms with van der Waals surface area (Å²) in [5, 5.41) is 1.76. The lowest BCUT2D eigenvalue weighted by Crippen LogP contribution is -2.41. The van der Waals surface area contributed by atoms with Crippen LogP contribution in [0.5, 0.6) is 0 Å². The average Bonchev–Trinajstić information content (AvgIpc) is 3.13. The molecule has 128 valence electrons. The standard InChI is InChI=1S/C16H20FN5OS/c1-11-15(9-24-20-11)16(23)21(2)8-14-3-13(17)7-22(14)6-12-4-18-10-19-5-12/h4-5,9-10,13-14H,3,6-8H2,1-2H3/t13-,14-/m0/s1. The topological polar surface area (TPSA) is 62.2 Å². The van der Waals surface area contributed by atoms with Gasteiger partial charge < -0.3 is 4.90 Å². The molecule has 1 aliphatic heterocycles. The largest absolute Gasteiger partial charge is 0.340 e. The molecule has 0 N–H and O–H groups in total. The quantitative estimate of drug-likeness (QED) is 0.825. The second-order valence-corrected chi connectivity index (χ2v) is 6.79. The monoisotopic (exact) mass is 349 g/mol. The van der Waals surface area contributed by atoms with Gasteiger partial charge in [-0.1, -0.05) is 0 Å². The molecule has 2 aromatic rings. The van der Waals surface area contributed by atoms with Crippen molar-refractivity contribution in [3.63, 3.8) is 0 Å². The first-order valence-electron chi connectivity index (χ1n) is 7.83. The minimum Gasteiger partial charge on any atom is -0.340 e. The lowest BCUT2D eigenvalue weighted by Gasteiger charge is -2.28. The molecular weight excluding hydrogens is 329 g/mol. The van der Waals surface area contributed by atoms with Crippen LogP contribution < -0.4 is 0 Å². The molecule has 24 heavy (non-hydrogen) atoms. The van der Waals surface area contributed by atoms with Crippen LogP contribution in [-0.4, -0.2) is 62.4 Å². The Balaban J connectivity index is 1.66. The van der Waals surface area contributed by atoms with E-state index in [1.54, 1.807) is 29.7 Å². The molecule has 1 aliphatic rings. The number of aromatic nitrogens is 3. The van der Waals surface area contributed by atoms with Crippen molar-refractivity contribution in [1.82, 2.24) is 24.1 Å². The number of likely N-dealkylation sites (N-methyl/N-ethyl adjacent to an activating group) is 1.